The predicted octanol–water partition coefficient (Wildman–Crippen LogP) is 5.14. The molecule has 6 heteroatoms. The maximum Gasteiger partial charge on any atom is 0.231 e. The minimum atomic E-state index is 0.00440. The second-order valence-electron chi connectivity index (χ2n) is 10.7. The Morgan fingerprint density at radius 2 is 1.69 bits per heavy atom. The van der Waals surface area contributed by atoms with Crippen LogP contribution in [0.25, 0.3) is 0 Å². The number of anilines is 2. The SMILES string of the molecule is Cc1ncccc1N1CC(C(=O)Nc2ccc(C3CCN(C(=O)CC4CCCCC4)CC3)cc2)C1. The summed E-state index contributed by atoms with van der Waals surface area (Å²) in [5.41, 5.74) is 4.28. The van der Waals surface area contributed by atoms with E-state index < -0.39 is 0 Å². The van der Waals surface area contributed by atoms with Crippen LogP contribution in [-0.4, -0.2) is 47.9 Å². The summed E-state index contributed by atoms with van der Waals surface area (Å²) in [6.07, 6.45) is 11.0. The van der Waals surface area contributed by atoms with Crippen LogP contribution in [0.1, 0.15) is 68.5 Å². The molecule has 3 aliphatic rings. The summed E-state index contributed by atoms with van der Waals surface area (Å²) in [5, 5.41) is 3.09. The fourth-order valence-electron chi connectivity index (χ4n) is 5.96. The Morgan fingerprint density at radius 3 is 2.37 bits per heavy atom. The zero-order valence-corrected chi connectivity index (χ0v) is 20.9. The van der Waals surface area contributed by atoms with Crippen molar-refractivity contribution in [2.24, 2.45) is 11.8 Å². The van der Waals surface area contributed by atoms with Crippen LogP contribution >= 0.6 is 0 Å². The van der Waals surface area contributed by atoms with Crippen LogP contribution in [0.15, 0.2) is 42.6 Å². The molecule has 0 radical (unpaired) electrons. The number of nitrogens with zero attached hydrogens (tertiary/aromatic N) is 3. The summed E-state index contributed by atoms with van der Waals surface area (Å²) in [7, 11) is 0. The fraction of sp³-hybridized carbons (Fsp3) is 0.552. The van der Waals surface area contributed by atoms with Gasteiger partial charge in [-0.05, 0) is 74.3 Å². The molecule has 35 heavy (non-hydrogen) atoms. The zero-order valence-electron chi connectivity index (χ0n) is 20.9. The summed E-state index contributed by atoms with van der Waals surface area (Å²) in [6, 6.07) is 12.3. The van der Waals surface area contributed by atoms with Crippen molar-refractivity contribution >= 4 is 23.2 Å². The lowest BCUT2D eigenvalue weighted by Crippen LogP contribution is -2.52. The Morgan fingerprint density at radius 1 is 0.971 bits per heavy atom. The zero-order chi connectivity index (χ0) is 24.2. The first-order valence-electron chi connectivity index (χ1n) is 13.4. The van der Waals surface area contributed by atoms with Gasteiger partial charge in [0.15, 0.2) is 0 Å². The Labute approximate surface area is 209 Å². The lowest BCUT2D eigenvalue weighted by molar-refractivity contribution is -0.133. The van der Waals surface area contributed by atoms with Gasteiger partial charge >= 0.3 is 0 Å². The standard InChI is InChI=1S/C29H38N4O2/c1-21-27(8-5-15-30-21)33-19-25(20-33)29(35)31-26-11-9-23(10-12-26)24-13-16-32(17-14-24)28(34)18-22-6-3-2-4-7-22/h5,8-12,15,22,24-25H,2-4,6-7,13-14,16-20H2,1H3,(H,31,35). The highest BCUT2D eigenvalue weighted by Crippen LogP contribution is 2.32. The Kier molecular flexibility index (Phi) is 7.35. The fourth-order valence-corrected chi connectivity index (χ4v) is 5.96. The van der Waals surface area contributed by atoms with E-state index in [1.54, 1.807) is 6.20 Å². The number of rotatable bonds is 6. The number of benzene rings is 1. The van der Waals surface area contributed by atoms with Gasteiger partial charge in [0.2, 0.25) is 11.8 Å². The van der Waals surface area contributed by atoms with Gasteiger partial charge in [0.05, 0.1) is 17.3 Å². The van der Waals surface area contributed by atoms with Gasteiger partial charge in [0.25, 0.3) is 0 Å². The monoisotopic (exact) mass is 474 g/mol. The number of pyridine rings is 1. The second-order valence-corrected chi connectivity index (χ2v) is 10.7. The van der Waals surface area contributed by atoms with Crippen molar-refractivity contribution in [3.8, 4) is 0 Å². The highest BCUT2D eigenvalue weighted by Gasteiger charge is 2.33. The van der Waals surface area contributed by atoms with Crippen LogP contribution in [0.3, 0.4) is 0 Å². The van der Waals surface area contributed by atoms with E-state index >= 15 is 0 Å². The normalized spacial score (nSPS) is 19.9. The van der Waals surface area contributed by atoms with E-state index in [9.17, 15) is 9.59 Å². The summed E-state index contributed by atoms with van der Waals surface area (Å²) in [5.74, 6) is 1.55. The molecule has 1 saturated carbocycles. The summed E-state index contributed by atoms with van der Waals surface area (Å²) in [6.45, 7) is 5.19. The van der Waals surface area contributed by atoms with Crippen molar-refractivity contribution in [3.63, 3.8) is 0 Å². The van der Waals surface area contributed by atoms with E-state index in [0.717, 1.165) is 62.5 Å². The molecule has 2 aliphatic heterocycles. The average Bonchev–Trinajstić information content (AvgIpc) is 2.85. The molecule has 0 unspecified atom stereocenters. The van der Waals surface area contributed by atoms with Crippen molar-refractivity contribution in [2.75, 3.05) is 36.4 Å². The van der Waals surface area contributed by atoms with Crippen molar-refractivity contribution in [2.45, 2.75) is 64.2 Å². The summed E-state index contributed by atoms with van der Waals surface area (Å²) in [4.78, 5) is 34.1. The molecule has 0 atom stereocenters. The molecule has 3 fully saturated rings. The number of aromatic nitrogens is 1. The van der Waals surface area contributed by atoms with E-state index in [1.807, 2.05) is 25.1 Å². The molecular weight excluding hydrogens is 436 g/mol. The van der Waals surface area contributed by atoms with Crippen molar-refractivity contribution < 1.29 is 9.59 Å². The number of carbonyl (C=O) groups is 2. The quantitative estimate of drug-likeness (QED) is 0.630. The minimum Gasteiger partial charge on any atom is -0.368 e. The van der Waals surface area contributed by atoms with Gasteiger partial charge in [-0.1, -0.05) is 31.4 Å². The van der Waals surface area contributed by atoms with Crippen molar-refractivity contribution in [1.29, 1.82) is 0 Å². The molecule has 1 aliphatic carbocycles. The van der Waals surface area contributed by atoms with E-state index in [1.165, 1.54) is 37.7 Å². The minimum absolute atomic E-state index is 0.00440. The van der Waals surface area contributed by atoms with Gasteiger partial charge in [-0.3, -0.25) is 14.6 Å². The lowest BCUT2D eigenvalue weighted by atomic mass is 9.85. The van der Waals surface area contributed by atoms with Crippen LogP contribution in [-0.2, 0) is 9.59 Å². The van der Waals surface area contributed by atoms with Gasteiger partial charge in [-0.25, -0.2) is 0 Å². The Hall–Kier alpha value is -2.89. The van der Waals surface area contributed by atoms with E-state index in [2.05, 4.69) is 38.3 Å². The molecule has 2 saturated heterocycles. The molecule has 1 aromatic carbocycles. The van der Waals surface area contributed by atoms with Gasteiger partial charge < -0.3 is 15.1 Å². The van der Waals surface area contributed by atoms with E-state index in [0.29, 0.717) is 17.7 Å². The third-order valence-corrected chi connectivity index (χ3v) is 8.26. The van der Waals surface area contributed by atoms with Crippen LogP contribution in [0.2, 0.25) is 0 Å². The van der Waals surface area contributed by atoms with Crippen LogP contribution < -0.4 is 10.2 Å². The highest BCUT2D eigenvalue weighted by atomic mass is 16.2. The smallest absolute Gasteiger partial charge is 0.231 e. The maximum absolute atomic E-state index is 12.7. The molecule has 186 valence electrons. The van der Waals surface area contributed by atoms with Crippen LogP contribution in [0.4, 0.5) is 11.4 Å². The third-order valence-electron chi connectivity index (χ3n) is 8.26. The second kappa shape index (κ2) is 10.8. The number of hydrogen-bond donors (Lipinski definition) is 1. The molecule has 1 aromatic heterocycles. The molecule has 5 rings (SSSR count). The molecule has 1 N–H and O–H groups in total. The van der Waals surface area contributed by atoms with Crippen molar-refractivity contribution in [3.05, 3.63) is 53.9 Å². The first-order valence-corrected chi connectivity index (χ1v) is 13.4. The number of likely N-dealkylation sites (tertiary alicyclic amines) is 1. The van der Waals surface area contributed by atoms with Gasteiger partial charge in [0, 0.05) is 44.5 Å². The maximum atomic E-state index is 12.7. The number of amides is 2. The molecule has 0 spiro atoms. The molecule has 6 nitrogen and oxygen atoms in total. The van der Waals surface area contributed by atoms with Gasteiger partial charge in [-0.2, -0.15) is 0 Å². The van der Waals surface area contributed by atoms with Gasteiger partial charge in [-0.15, -0.1) is 0 Å². The molecule has 3 heterocycles. The number of nitrogens with one attached hydrogen (secondary N) is 1. The summed E-state index contributed by atoms with van der Waals surface area (Å²) >= 11 is 0. The Bertz CT molecular complexity index is 1020. The number of hydrogen-bond acceptors (Lipinski definition) is 4. The number of piperidine rings is 1. The Balaban J connectivity index is 1.06. The highest BCUT2D eigenvalue weighted by molar-refractivity contribution is 5.94. The first kappa shape index (κ1) is 23.8. The predicted molar refractivity (Wildman–Crippen MR) is 139 cm³/mol. The van der Waals surface area contributed by atoms with Gasteiger partial charge in [0.1, 0.15) is 0 Å². The topological polar surface area (TPSA) is 65.5 Å². The largest absolute Gasteiger partial charge is 0.368 e. The molecular formula is C29H38N4O2. The van der Waals surface area contributed by atoms with E-state index in [-0.39, 0.29) is 11.8 Å². The summed E-state index contributed by atoms with van der Waals surface area (Å²) < 4.78 is 0. The molecule has 2 amide bonds. The lowest BCUT2D eigenvalue weighted by Gasteiger charge is -2.40. The number of aryl methyl sites for hydroxylation is 1. The third kappa shape index (κ3) is 5.68. The number of carbonyl (C=O) groups excluding carboxylic acids is 2. The van der Waals surface area contributed by atoms with Crippen molar-refractivity contribution in [1.82, 2.24) is 9.88 Å². The molecule has 0 bridgehead atoms. The molecule has 2 aromatic rings. The van der Waals surface area contributed by atoms with Crippen LogP contribution in [0.5, 0.6) is 0 Å². The average molecular weight is 475 g/mol. The first-order chi connectivity index (χ1) is 17.1. The van der Waals surface area contributed by atoms with Crippen LogP contribution in [0, 0.1) is 18.8 Å². The van der Waals surface area contributed by atoms with E-state index in [4.69, 9.17) is 0 Å².